The number of fused-ring (bicyclic) bond motifs is 1. The van der Waals surface area contributed by atoms with E-state index in [0.717, 1.165) is 32.1 Å². The van der Waals surface area contributed by atoms with Crippen LogP contribution in [-0.2, 0) is 14.6 Å². The molecule has 0 N–H and O–H groups in total. The van der Waals surface area contributed by atoms with Gasteiger partial charge in [0, 0.05) is 12.3 Å². The van der Waals surface area contributed by atoms with Gasteiger partial charge in [0.1, 0.15) is 5.78 Å². The molecule has 0 bridgehead atoms. The van der Waals surface area contributed by atoms with Crippen LogP contribution in [0.3, 0.4) is 0 Å². The molecule has 0 aromatic heterocycles. The molecule has 22 heavy (non-hydrogen) atoms. The monoisotopic (exact) mass is 320 g/mol. The van der Waals surface area contributed by atoms with E-state index in [2.05, 4.69) is 0 Å². The molecular formula is C18H24O3S. The van der Waals surface area contributed by atoms with E-state index in [1.54, 1.807) is 24.3 Å². The Kier molecular flexibility index (Phi) is 4.40. The summed E-state index contributed by atoms with van der Waals surface area (Å²) in [7, 11) is -3.23. The lowest BCUT2D eigenvalue weighted by atomic mass is 9.74. The quantitative estimate of drug-likeness (QED) is 0.853. The molecule has 3 unspecified atom stereocenters. The normalized spacial score (nSPS) is 30.0. The van der Waals surface area contributed by atoms with Crippen LogP contribution in [0.1, 0.15) is 39.0 Å². The lowest BCUT2D eigenvalue weighted by Gasteiger charge is -2.31. The average Bonchev–Trinajstić information content (AvgIpc) is 2.93. The summed E-state index contributed by atoms with van der Waals surface area (Å²) in [6, 6.07) is 8.71. The van der Waals surface area contributed by atoms with Crippen LogP contribution in [0.15, 0.2) is 35.2 Å². The fourth-order valence-corrected chi connectivity index (χ4v) is 6.21. The molecule has 3 rings (SSSR count). The van der Waals surface area contributed by atoms with Gasteiger partial charge in [-0.05, 0) is 55.6 Å². The van der Waals surface area contributed by atoms with Crippen molar-refractivity contribution in [1.82, 2.24) is 0 Å². The Balaban J connectivity index is 1.72. The summed E-state index contributed by atoms with van der Waals surface area (Å²) < 4.78 is 25.1. The summed E-state index contributed by atoms with van der Waals surface area (Å²) in [6.45, 7) is 2.05. The van der Waals surface area contributed by atoms with Gasteiger partial charge < -0.3 is 0 Å². The summed E-state index contributed by atoms with van der Waals surface area (Å²) in [6.07, 6.45) is 4.77. The highest BCUT2D eigenvalue weighted by atomic mass is 32.2. The first-order valence-corrected chi connectivity index (χ1v) is 9.95. The summed E-state index contributed by atoms with van der Waals surface area (Å²) >= 11 is 0. The van der Waals surface area contributed by atoms with Crippen molar-refractivity contribution < 1.29 is 13.2 Å². The molecule has 1 aromatic carbocycles. The maximum Gasteiger partial charge on any atom is 0.178 e. The van der Waals surface area contributed by atoms with Crippen molar-refractivity contribution in [3.8, 4) is 0 Å². The second-order valence-corrected chi connectivity index (χ2v) is 8.98. The van der Waals surface area contributed by atoms with E-state index in [1.165, 1.54) is 0 Å². The molecule has 2 fully saturated rings. The highest BCUT2D eigenvalue weighted by Crippen LogP contribution is 2.47. The third kappa shape index (κ3) is 2.98. The van der Waals surface area contributed by atoms with Crippen LogP contribution >= 0.6 is 0 Å². The van der Waals surface area contributed by atoms with Gasteiger partial charge in [-0.3, -0.25) is 4.79 Å². The second kappa shape index (κ2) is 6.15. The van der Waals surface area contributed by atoms with Crippen molar-refractivity contribution in [2.75, 3.05) is 5.75 Å². The van der Waals surface area contributed by atoms with Crippen molar-refractivity contribution in [2.24, 2.45) is 23.7 Å². The molecule has 2 aliphatic carbocycles. The van der Waals surface area contributed by atoms with E-state index in [0.29, 0.717) is 22.5 Å². The molecule has 0 saturated heterocycles. The van der Waals surface area contributed by atoms with Crippen molar-refractivity contribution in [1.29, 1.82) is 0 Å². The number of carbonyl (C=O) groups is 1. The molecule has 3 nitrogen and oxygen atoms in total. The van der Waals surface area contributed by atoms with Crippen molar-refractivity contribution in [3.05, 3.63) is 30.3 Å². The maximum absolute atomic E-state index is 12.6. The molecule has 1 aromatic rings. The SMILES string of the molecule is C[C@H](CS(=O)(=O)c1ccccc1)C1CCC2C(=O)CCCC21. The first-order valence-electron chi connectivity index (χ1n) is 8.29. The number of Topliss-reactive ketones (excluding diaryl/α,β-unsaturated/α-hetero) is 1. The Bertz CT molecular complexity index is 636. The van der Waals surface area contributed by atoms with E-state index >= 15 is 0 Å². The lowest BCUT2D eigenvalue weighted by molar-refractivity contribution is -0.126. The molecule has 120 valence electrons. The predicted octanol–water partition coefficient (Wildman–Crippen LogP) is 3.49. The minimum Gasteiger partial charge on any atom is -0.299 e. The van der Waals surface area contributed by atoms with E-state index in [9.17, 15) is 13.2 Å². The van der Waals surface area contributed by atoms with E-state index in [1.807, 2.05) is 13.0 Å². The summed E-state index contributed by atoms with van der Waals surface area (Å²) in [5.74, 6) is 1.73. The molecule has 4 heteroatoms. The Morgan fingerprint density at radius 3 is 2.59 bits per heavy atom. The Morgan fingerprint density at radius 2 is 1.86 bits per heavy atom. The highest BCUT2D eigenvalue weighted by molar-refractivity contribution is 7.91. The number of hydrogen-bond acceptors (Lipinski definition) is 3. The van der Waals surface area contributed by atoms with Gasteiger partial charge in [-0.25, -0.2) is 8.42 Å². The summed E-state index contributed by atoms with van der Waals surface area (Å²) in [4.78, 5) is 12.4. The maximum atomic E-state index is 12.6. The third-order valence-electron chi connectivity index (χ3n) is 5.57. The second-order valence-electron chi connectivity index (χ2n) is 6.94. The van der Waals surface area contributed by atoms with Gasteiger partial charge >= 0.3 is 0 Å². The smallest absolute Gasteiger partial charge is 0.178 e. The van der Waals surface area contributed by atoms with Crippen molar-refractivity contribution >= 4 is 15.6 Å². The summed E-state index contributed by atoms with van der Waals surface area (Å²) in [5.41, 5.74) is 0. The molecule has 0 aliphatic heterocycles. The Hall–Kier alpha value is -1.16. The van der Waals surface area contributed by atoms with Crippen LogP contribution in [0.2, 0.25) is 0 Å². The van der Waals surface area contributed by atoms with Gasteiger partial charge in [-0.15, -0.1) is 0 Å². The Labute approximate surface area is 133 Å². The summed E-state index contributed by atoms with van der Waals surface area (Å²) in [5, 5.41) is 0. The topological polar surface area (TPSA) is 51.2 Å². The molecule has 2 saturated carbocycles. The van der Waals surface area contributed by atoms with Gasteiger partial charge in [0.05, 0.1) is 10.6 Å². The Morgan fingerprint density at radius 1 is 1.14 bits per heavy atom. The van der Waals surface area contributed by atoms with Crippen LogP contribution < -0.4 is 0 Å². The highest BCUT2D eigenvalue weighted by Gasteiger charge is 2.44. The zero-order chi connectivity index (χ0) is 15.7. The predicted molar refractivity (Wildman–Crippen MR) is 86.2 cm³/mol. The first-order chi connectivity index (χ1) is 10.5. The van der Waals surface area contributed by atoms with Crippen LogP contribution in [0.5, 0.6) is 0 Å². The van der Waals surface area contributed by atoms with E-state index in [-0.39, 0.29) is 17.6 Å². The average molecular weight is 320 g/mol. The molecule has 0 heterocycles. The number of sulfone groups is 1. The largest absolute Gasteiger partial charge is 0.299 e. The number of carbonyl (C=O) groups excluding carboxylic acids is 1. The van der Waals surface area contributed by atoms with Crippen molar-refractivity contribution in [3.63, 3.8) is 0 Å². The zero-order valence-electron chi connectivity index (χ0n) is 13.1. The first kappa shape index (κ1) is 15.7. The van der Waals surface area contributed by atoms with Gasteiger partial charge in [0.15, 0.2) is 9.84 Å². The van der Waals surface area contributed by atoms with Crippen LogP contribution in [0.4, 0.5) is 0 Å². The van der Waals surface area contributed by atoms with Gasteiger partial charge in [0.25, 0.3) is 0 Å². The number of rotatable bonds is 4. The molecule has 4 atom stereocenters. The number of benzene rings is 1. The molecule has 2 aliphatic rings. The van der Waals surface area contributed by atoms with Crippen LogP contribution in [0.25, 0.3) is 0 Å². The molecule has 0 amide bonds. The molecular weight excluding hydrogens is 296 g/mol. The number of hydrogen-bond donors (Lipinski definition) is 0. The van der Waals surface area contributed by atoms with E-state index < -0.39 is 9.84 Å². The fourth-order valence-electron chi connectivity index (χ4n) is 4.51. The minimum absolute atomic E-state index is 0.117. The van der Waals surface area contributed by atoms with E-state index in [4.69, 9.17) is 0 Å². The molecule has 0 spiro atoms. The zero-order valence-corrected chi connectivity index (χ0v) is 13.9. The van der Waals surface area contributed by atoms with Gasteiger partial charge in [-0.2, -0.15) is 0 Å². The van der Waals surface area contributed by atoms with Crippen LogP contribution in [-0.4, -0.2) is 20.0 Å². The van der Waals surface area contributed by atoms with Gasteiger partial charge in [0.2, 0.25) is 0 Å². The van der Waals surface area contributed by atoms with Gasteiger partial charge in [-0.1, -0.05) is 25.1 Å². The lowest BCUT2D eigenvalue weighted by Crippen LogP contribution is -2.31. The molecule has 0 radical (unpaired) electrons. The van der Waals surface area contributed by atoms with Crippen LogP contribution in [0, 0.1) is 23.7 Å². The fraction of sp³-hybridized carbons (Fsp3) is 0.611. The number of ketones is 1. The third-order valence-corrected chi connectivity index (χ3v) is 7.52. The van der Waals surface area contributed by atoms with Crippen molar-refractivity contribution in [2.45, 2.75) is 43.9 Å². The standard InChI is InChI=1S/C18H24O3S/c1-13(12-22(20,21)14-6-3-2-4-7-14)15-10-11-17-16(15)8-5-9-18(17)19/h2-4,6-7,13,15-17H,5,8-12H2,1H3/t13-,15?,16?,17?/m1/s1. The minimum atomic E-state index is -3.23.